The maximum absolute atomic E-state index is 11.3. The summed E-state index contributed by atoms with van der Waals surface area (Å²) in [4.78, 5) is 30.8. The summed E-state index contributed by atoms with van der Waals surface area (Å²) in [6.45, 7) is 0. The van der Waals surface area contributed by atoms with Crippen LogP contribution in [0.4, 0.5) is 13.2 Å². The molecule has 0 aromatic rings. The number of hydrogen-bond acceptors (Lipinski definition) is 4. The van der Waals surface area contributed by atoms with Crippen molar-refractivity contribution in [2.75, 3.05) is 0 Å². The average Bonchev–Trinajstić information content (AvgIpc) is 2.37. The van der Waals surface area contributed by atoms with Crippen LogP contribution in [0.3, 0.4) is 0 Å². The van der Waals surface area contributed by atoms with Crippen LogP contribution in [0.1, 0.15) is 12.8 Å². The first-order valence-electron chi connectivity index (χ1n) is 5.43. The van der Waals surface area contributed by atoms with Gasteiger partial charge in [0.1, 0.15) is 6.04 Å². The lowest BCUT2D eigenvalue weighted by Crippen LogP contribution is -2.48. The lowest BCUT2D eigenvalue weighted by atomic mass is 10.1. The molecule has 122 valence electrons. The summed E-state index contributed by atoms with van der Waals surface area (Å²) in [5.74, 6) is -0.214. The molecule has 2 atom stereocenters. The number of rotatable bonds is 5. The van der Waals surface area contributed by atoms with Crippen LogP contribution in [0.25, 0.3) is 0 Å². The van der Waals surface area contributed by atoms with Crippen molar-refractivity contribution in [3.05, 3.63) is 0 Å². The van der Waals surface area contributed by atoms with Gasteiger partial charge in [0, 0.05) is 12.8 Å². The molecule has 0 fully saturated rings. The van der Waals surface area contributed by atoms with E-state index in [2.05, 4.69) is 17.2 Å². The van der Waals surface area contributed by atoms with Crippen molar-refractivity contribution in [1.29, 1.82) is 0 Å². The minimum absolute atomic E-state index is 0.0498. The molecule has 1 amide bonds. The fraction of sp³-hybridized carbons (Fsp3) is 0.417. The van der Waals surface area contributed by atoms with Crippen molar-refractivity contribution >= 4 is 17.8 Å². The van der Waals surface area contributed by atoms with Crippen LogP contribution in [0.15, 0.2) is 0 Å². The van der Waals surface area contributed by atoms with Gasteiger partial charge in [-0.15, -0.1) is 24.7 Å². The molecule has 0 saturated carbocycles. The Bertz CT molecular complexity index is 490. The Balaban J connectivity index is 0. The molecule has 0 bridgehead atoms. The summed E-state index contributed by atoms with van der Waals surface area (Å²) in [6.07, 6.45) is 4.78. The van der Waals surface area contributed by atoms with E-state index in [9.17, 15) is 22.8 Å². The number of carbonyl (C=O) groups is 3. The molecule has 22 heavy (non-hydrogen) atoms. The lowest BCUT2D eigenvalue weighted by molar-refractivity contribution is -0.192. The van der Waals surface area contributed by atoms with E-state index in [0.717, 1.165) is 0 Å². The molecule has 0 aromatic carbocycles. The molecule has 7 nitrogen and oxygen atoms in total. The molecule has 0 aromatic heterocycles. The summed E-state index contributed by atoms with van der Waals surface area (Å²) in [5, 5.41) is 18.0. The van der Waals surface area contributed by atoms with Crippen molar-refractivity contribution in [3.63, 3.8) is 0 Å². The number of alkyl halides is 3. The molecule has 0 aliphatic heterocycles. The van der Waals surface area contributed by atoms with Gasteiger partial charge in [-0.25, -0.2) is 9.59 Å². The van der Waals surface area contributed by atoms with E-state index < -0.39 is 36.1 Å². The molecule has 0 saturated heterocycles. The SMILES string of the molecule is C#CC[C@H](NC(=O)[C@@H](N)CC#C)C(=O)O.O=C(O)C(F)(F)F. The Morgan fingerprint density at radius 3 is 1.82 bits per heavy atom. The number of carboxylic acid groups (broad SMARTS) is 2. The second-order valence-electron chi connectivity index (χ2n) is 3.63. The maximum Gasteiger partial charge on any atom is 0.490 e. The number of aliphatic carboxylic acids is 2. The van der Waals surface area contributed by atoms with Crippen LogP contribution in [0.5, 0.6) is 0 Å². The Labute approximate surface area is 123 Å². The van der Waals surface area contributed by atoms with Crippen LogP contribution < -0.4 is 11.1 Å². The third kappa shape index (κ3) is 10.1. The first-order chi connectivity index (χ1) is 9.97. The largest absolute Gasteiger partial charge is 0.490 e. The van der Waals surface area contributed by atoms with E-state index in [1.807, 2.05) is 0 Å². The second kappa shape index (κ2) is 10.1. The number of hydrogen-bond donors (Lipinski definition) is 4. The fourth-order valence-corrected chi connectivity index (χ4v) is 0.816. The quantitative estimate of drug-likeness (QED) is 0.508. The average molecular weight is 322 g/mol. The number of amides is 1. The van der Waals surface area contributed by atoms with E-state index in [4.69, 9.17) is 33.6 Å². The van der Waals surface area contributed by atoms with Gasteiger partial charge in [-0.3, -0.25) is 4.79 Å². The van der Waals surface area contributed by atoms with Crippen LogP contribution in [0.2, 0.25) is 0 Å². The fourth-order valence-electron chi connectivity index (χ4n) is 0.816. The van der Waals surface area contributed by atoms with E-state index in [-0.39, 0.29) is 12.8 Å². The van der Waals surface area contributed by atoms with Gasteiger partial charge in [0.05, 0.1) is 6.04 Å². The van der Waals surface area contributed by atoms with Crippen LogP contribution in [0, 0.1) is 24.7 Å². The van der Waals surface area contributed by atoms with Crippen LogP contribution in [-0.4, -0.2) is 46.3 Å². The summed E-state index contributed by atoms with van der Waals surface area (Å²) < 4.78 is 31.7. The first-order valence-corrected chi connectivity index (χ1v) is 5.43. The zero-order valence-electron chi connectivity index (χ0n) is 11.1. The Hall–Kier alpha value is -2.72. The van der Waals surface area contributed by atoms with Crippen LogP contribution in [-0.2, 0) is 14.4 Å². The van der Waals surface area contributed by atoms with Crippen molar-refractivity contribution < 1.29 is 37.8 Å². The summed E-state index contributed by atoms with van der Waals surface area (Å²) in [5.41, 5.74) is 5.37. The predicted molar refractivity (Wildman–Crippen MR) is 68.1 cm³/mol. The number of nitrogens with two attached hydrogens (primary N) is 1. The van der Waals surface area contributed by atoms with Crippen LogP contribution >= 0.6 is 0 Å². The predicted octanol–water partition coefficient (Wildman–Crippen LogP) is -0.437. The topological polar surface area (TPSA) is 130 Å². The van der Waals surface area contributed by atoms with E-state index in [1.165, 1.54) is 0 Å². The Kier molecular flexibility index (Phi) is 9.88. The smallest absolute Gasteiger partial charge is 0.480 e. The molecule has 5 N–H and O–H groups in total. The molecule has 10 heteroatoms. The molecule has 0 unspecified atom stereocenters. The minimum Gasteiger partial charge on any atom is -0.480 e. The van der Waals surface area contributed by atoms with Gasteiger partial charge in [-0.2, -0.15) is 13.2 Å². The molecule has 0 heterocycles. The monoisotopic (exact) mass is 322 g/mol. The van der Waals surface area contributed by atoms with Gasteiger partial charge in [-0.05, 0) is 0 Å². The highest BCUT2D eigenvalue weighted by Crippen LogP contribution is 2.13. The second-order valence-corrected chi connectivity index (χ2v) is 3.63. The summed E-state index contributed by atoms with van der Waals surface area (Å²) in [7, 11) is 0. The van der Waals surface area contributed by atoms with Crippen molar-refractivity contribution in [2.45, 2.75) is 31.1 Å². The molecule has 0 aliphatic rings. The zero-order chi connectivity index (χ0) is 17.9. The molecule has 0 rings (SSSR count). The number of carboxylic acids is 2. The van der Waals surface area contributed by atoms with Gasteiger partial charge >= 0.3 is 18.1 Å². The van der Waals surface area contributed by atoms with E-state index in [0.29, 0.717) is 0 Å². The molecular weight excluding hydrogens is 309 g/mol. The lowest BCUT2D eigenvalue weighted by Gasteiger charge is -2.14. The minimum atomic E-state index is -5.08. The molecule has 0 radical (unpaired) electrons. The van der Waals surface area contributed by atoms with Gasteiger partial charge in [-0.1, -0.05) is 0 Å². The van der Waals surface area contributed by atoms with Crippen molar-refractivity contribution in [1.82, 2.24) is 5.32 Å². The van der Waals surface area contributed by atoms with Gasteiger partial charge < -0.3 is 21.3 Å². The number of halogens is 3. The molecule has 0 spiro atoms. The van der Waals surface area contributed by atoms with Crippen molar-refractivity contribution in [2.24, 2.45) is 5.73 Å². The summed E-state index contributed by atoms with van der Waals surface area (Å²) >= 11 is 0. The highest BCUT2D eigenvalue weighted by Gasteiger charge is 2.38. The first kappa shape index (κ1) is 21.6. The highest BCUT2D eigenvalue weighted by molar-refractivity contribution is 5.87. The standard InChI is InChI=1S/C10H12N2O3.C2HF3O2/c1-3-5-7(11)9(13)12-8(6-4-2)10(14)15;3-2(4,5)1(6)7/h1-2,7-8H,5-6,11H2,(H,12,13)(H,14,15);(H,6,7)/t7-,8-;/m0./s1. The van der Waals surface area contributed by atoms with E-state index in [1.54, 1.807) is 0 Å². The normalized spacial score (nSPS) is 12.5. The Morgan fingerprint density at radius 2 is 1.55 bits per heavy atom. The number of nitrogens with one attached hydrogen (secondary N) is 1. The van der Waals surface area contributed by atoms with Crippen molar-refractivity contribution in [3.8, 4) is 24.7 Å². The van der Waals surface area contributed by atoms with Gasteiger partial charge in [0.15, 0.2) is 0 Å². The number of terminal acetylenes is 2. The highest BCUT2D eigenvalue weighted by atomic mass is 19.4. The molecule has 0 aliphatic carbocycles. The zero-order valence-corrected chi connectivity index (χ0v) is 11.1. The third-order valence-electron chi connectivity index (χ3n) is 1.85. The third-order valence-corrected chi connectivity index (χ3v) is 1.85. The Morgan fingerprint density at radius 1 is 1.14 bits per heavy atom. The molecular formula is C12H13F3N2O5. The summed E-state index contributed by atoms with van der Waals surface area (Å²) in [6, 6.07) is -2.03. The number of carbonyl (C=O) groups excluding carboxylic acids is 1. The van der Waals surface area contributed by atoms with E-state index >= 15 is 0 Å². The van der Waals surface area contributed by atoms with Gasteiger partial charge in [0.25, 0.3) is 0 Å². The van der Waals surface area contributed by atoms with Gasteiger partial charge in [0.2, 0.25) is 5.91 Å². The maximum atomic E-state index is 11.3.